The van der Waals surface area contributed by atoms with Crippen molar-refractivity contribution in [1.82, 2.24) is 9.55 Å². The number of aryl methyl sites for hydroxylation is 1. The molecule has 78 valence electrons. The molecule has 0 bridgehead atoms. The molecule has 0 atom stereocenters. The minimum absolute atomic E-state index is 0.253. The van der Waals surface area contributed by atoms with Gasteiger partial charge in [-0.3, -0.25) is 0 Å². The predicted octanol–water partition coefficient (Wildman–Crippen LogP) is 1.31. The Labute approximate surface area is 86.4 Å². The van der Waals surface area contributed by atoms with E-state index >= 15 is 0 Å². The number of hydrogen-bond donors (Lipinski definition) is 2. The van der Waals surface area contributed by atoms with Gasteiger partial charge in [0.2, 0.25) is 5.95 Å². The summed E-state index contributed by atoms with van der Waals surface area (Å²) < 4.78 is 1.88. The second-order valence-corrected chi connectivity index (χ2v) is 3.25. The quantitative estimate of drug-likeness (QED) is 0.775. The smallest absolute Gasteiger partial charge is 0.335 e. The Hall–Kier alpha value is -2.04. The standard InChI is InChI=1S/C10H11N3O2/c1-11-10-12-7-5-6(9(14)15)3-4-8(7)13(10)2/h3-5H,1-2H3,(H,11,12)(H,14,15). The largest absolute Gasteiger partial charge is 0.478 e. The highest BCUT2D eigenvalue weighted by molar-refractivity contribution is 5.92. The molecule has 0 radical (unpaired) electrons. The van der Waals surface area contributed by atoms with Crippen LogP contribution in [0.15, 0.2) is 18.2 Å². The monoisotopic (exact) mass is 205 g/mol. The van der Waals surface area contributed by atoms with Crippen LogP contribution >= 0.6 is 0 Å². The number of aromatic carboxylic acids is 1. The van der Waals surface area contributed by atoms with E-state index in [9.17, 15) is 4.79 Å². The number of carboxylic acids is 1. The zero-order chi connectivity index (χ0) is 11.0. The summed E-state index contributed by atoms with van der Waals surface area (Å²) >= 11 is 0. The van der Waals surface area contributed by atoms with E-state index in [0.29, 0.717) is 11.5 Å². The second-order valence-electron chi connectivity index (χ2n) is 3.25. The Morgan fingerprint density at radius 3 is 2.87 bits per heavy atom. The van der Waals surface area contributed by atoms with Gasteiger partial charge in [0.25, 0.3) is 0 Å². The summed E-state index contributed by atoms with van der Waals surface area (Å²) in [6.07, 6.45) is 0. The van der Waals surface area contributed by atoms with E-state index in [1.54, 1.807) is 25.2 Å². The third-order valence-electron chi connectivity index (χ3n) is 2.35. The van der Waals surface area contributed by atoms with Crippen LogP contribution in [0.4, 0.5) is 5.95 Å². The van der Waals surface area contributed by atoms with E-state index in [2.05, 4.69) is 10.3 Å². The maximum Gasteiger partial charge on any atom is 0.335 e. The topological polar surface area (TPSA) is 67.2 Å². The Morgan fingerprint density at radius 1 is 1.53 bits per heavy atom. The number of nitrogens with one attached hydrogen (secondary N) is 1. The third kappa shape index (κ3) is 1.41. The van der Waals surface area contributed by atoms with Crippen LogP contribution in [0.2, 0.25) is 0 Å². The second kappa shape index (κ2) is 3.27. The highest BCUT2D eigenvalue weighted by Gasteiger charge is 2.09. The molecule has 2 N–H and O–H groups in total. The zero-order valence-electron chi connectivity index (χ0n) is 8.48. The first-order chi connectivity index (χ1) is 7.13. The number of nitrogens with zero attached hydrogens (tertiary/aromatic N) is 2. The normalized spacial score (nSPS) is 10.5. The van der Waals surface area contributed by atoms with E-state index in [-0.39, 0.29) is 5.56 Å². The molecule has 0 fully saturated rings. The van der Waals surface area contributed by atoms with Gasteiger partial charge in [0, 0.05) is 14.1 Å². The fourth-order valence-corrected chi connectivity index (χ4v) is 1.56. The minimum atomic E-state index is -0.937. The molecular weight excluding hydrogens is 194 g/mol. The number of hydrogen-bond acceptors (Lipinski definition) is 3. The molecule has 1 aromatic carbocycles. The minimum Gasteiger partial charge on any atom is -0.478 e. The predicted molar refractivity (Wildman–Crippen MR) is 57.2 cm³/mol. The number of rotatable bonds is 2. The van der Waals surface area contributed by atoms with Gasteiger partial charge >= 0.3 is 5.97 Å². The number of imidazole rings is 1. The average Bonchev–Trinajstić information content (AvgIpc) is 2.55. The summed E-state index contributed by atoms with van der Waals surface area (Å²) in [6.45, 7) is 0. The number of carboxylic acid groups (broad SMARTS) is 1. The van der Waals surface area contributed by atoms with Crippen molar-refractivity contribution in [1.29, 1.82) is 0 Å². The third-order valence-corrected chi connectivity index (χ3v) is 2.35. The van der Waals surface area contributed by atoms with Crippen LogP contribution in [0, 0.1) is 0 Å². The zero-order valence-corrected chi connectivity index (χ0v) is 8.48. The molecule has 2 rings (SSSR count). The van der Waals surface area contributed by atoms with Crippen LogP contribution in [0.3, 0.4) is 0 Å². The fourth-order valence-electron chi connectivity index (χ4n) is 1.56. The first-order valence-electron chi connectivity index (χ1n) is 4.51. The van der Waals surface area contributed by atoms with Crippen LogP contribution in [-0.4, -0.2) is 27.7 Å². The summed E-state index contributed by atoms with van der Waals surface area (Å²) in [7, 11) is 3.65. The Bertz CT molecular complexity index is 531. The molecule has 0 saturated carbocycles. The van der Waals surface area contributed by atoms with Gasteiger partial charge in [-0.2, -0.15) is 0 Å². The number of fused-ring (bicyclic) bond motifs is 1. The van der Waals surface area contributed by atoms with Gasteiger partial charge in [-0.15, -0.1) is 0 Å². The van der Waals surface area contributed by atoms with E-state index in [4.69, 9.17) is 5.11 Å². The molecule has 0 aliphatic heterocycles. The number of benzene rings is 1. The van der Waals surface area contributed by atoms with Crippen molar-refractivity contribution < 1.29 is 9.90 Å². The van der Waals surface area contributed by atoms with E-state index in [1.165, 1.54) is 0 Å². The van der Waals surface area contributed by atoms with Crippen molar-refractivity contribution in [2.75, 3.05) is 12.4 Å². The lowest BCUT2D eigenvalue weighted by Crippen LogP contribution is -1.97. The Balaban J connectivity index is 2.68. The Morgan fingerprint density at radius 2 is 2.27 bits per heavy atom. The maximum absolute atomic E-state index is 10.8. The van der Waals surface area contributed by atoms with Crippen molar-refractivity contribution in [3.63, 3.8) is 0 Å². The lowest BCUT2D eigenvalue weighted by molar-refractivity contribution is 0.0697. The molecule has 5 heteroatoms. The molecule has 0 aliphatic rings. The molecule has 0 unspecified atom stereocenters. The molecule has 2 aromatic rings. The van der Waals surface area contributed by atoms with E-state index < -0.39 is 5.97 Å². The van der Waals surface area contributed by atoms with Gasteiger partial charge in [0.05, 0.1) is 16.6 Å². The molecular formula is C10H11N3O2. The van der Waals surface area contributed by atoms with Gasteiger partial charge in [0.1, 0.15) is 0 Å². The van der Waals surface area contributed by atoms with Crippen LogP contribution < -0.4 is 5.32 Å². The van der Waals surface area contributed by atoms with E-state index in [0.717, 1.165) is 5.52 Å². The number of carbonyl (C=O) groups is 1. The van der Waals surface area contributed by atoms with Crippen molar-refractivity contribution in [3.05, 3.63) is 23.8 Å². The summed E-state index contributed by atoms with van der Waals surface area (Å²) in [6, 6.07) is 4.90. The molecule has 1 aromatic heterocycles. The van der Waals surface area contributed by atoms with Crippen molar-refractivity contribution in [3.8, 4) is 0 Å². The van der Waals surface area contributed by atoms with Crippen molar-refractivity contribution in [2.45, 2.75) is 0 Å². The van der Waals surface area contributed by atoms with Crippen molar-refractivity contribution >= 4 is 23.0 Å². The van der Waals surface area contributed by atoms with Crippen molar-refractivity contribution in [2.24, 2.45) is 7.05 Å². The van der Waals surface area contributed by atoms with E-state index in [1.807, 2.05) is 11.6 Å². The molecule has 15 heavy (non-hydrogen) atoms. The summed E-state index contributed by atoms with van der Waals surface area (Å²) in [5.41, 5.74) is 1.84. The first kappa shape index (κ1) is 9.51. The van der Waals surface area contributed by atoms with Gasteiger partial charge in [-0.25, -0.2) is 9.78 Å². The van der Waals surface area contributed by atoms with Gasteiger partial charge in [0.15, 0.2) is 0 Å². The van der Waals surface area contributed by atoms with Crippen LogP contribution in [-0.2, 0) is 7.05 Å². The molecule has 0 saturated heterocycles. The van der Waals surface area contributed by atoms with Crippen LogP contribution in [0.25, 0.3) is 11.0 Å². The lowest BCUT2D eigenvalue weighted by atomic mass is 10.2. The Kier molecular flexibility index (Phi) is 2.07. The summed E-state index contributed by atoms with van der Waals surface area (Å²) in [5.74, 6) is -0.221. The lowest BCUT2D eigenvalue weighted by Gasteiger charge is -1.99. The molecule has 0 amide bonds. The van der Waals surface area contributed by atoms with Gasteiger partial charge in [-0.05, 0) is 18.2 Å². The number of aromatic nitrogens is 2. The highest BCUT2D eigenvalue weighted by Crippen LogP contribution is 2.19. The van der Waals surface area contributed by atoms with Gasteiger partial charge in [-0.1, -0.05) is 0 Å². The first-order valence-corrected chi connectivity index (χ1v) is 4.51. The maximum atomic E-state index is 10.8. The van der Waals surface area contributed by atoms with Gasteiger partial charge < -0.3 is 15.0 Å². The highest BCUT2D eigenvalue weighted by atomic mass is 16.4. The summed E-state index contributed by atoms with van der Waals surface area (Å²) in [5, 5.41) is 11.8. The summed E-state index contributed by atoms with van der Waals surface area (Å²) in [4.78, 5) is 15.0. The van der Waals surface area contributed by atoms with Crippen LogP contribution in [0.5, 0.6) is 0 Å². The average molecular weight is 205 g/mol. The SMILES string of the molecule is CNc1nc2cc(C(=O)O)ccc2n1C. The molecule has 0 aliphatic carbocycles. The number of anilines is 1. The molecule has 5 nitrogen and oxygen atoms in total. The molecule has 1 heterocycles. The molecule has 0 spiro atoms. The fraction of sp³-hybridized carbons (Fsp3) is 0.200. The van der Waals surface area contributed by atoms with Crippen LogP contribution in [0.1, 0.15) is 10.4 Å².